The molecule has 3 aromatic rings. The molecule has 1 heterocycles. The van der Waals surface area contributed by atoms with Crippen molar-refractivity contribution in [3.05, 3.63) is 62.9 Å². The van der Waals surface area contributed by atoms with Crippen LogP contribution in [-0.2, 0) is 12.3 Å². The van der Waals surface area contributed by atoms with Gasteiger partial charge in [-0.25, -0.2) is 4.98 Å². The number of para-hydroxylation sites is 1. The molecule has 0 fully saturated rings. The lowest BCUT2D eigenvalue weighted by Crippen LogP contribution is -2.24. The molecule has 0 saturated carbocycles. The van der Waals surface area contributed by atoms with Crippen LogP contribution in [0.25, 0.3) is 10.9 Å². The lowest BCUT2D eigenvalue weighted by atomic mass is 10.2. The van der Waals surface area contributed by atoms with Crippen LogP contribution in [0.15, 0.2) is 56.9 Å². The number of rotatable bonds is 7. The summed E-state index contributed by atoms with van der Waals surface area (Å²) >= 11 is 4.97. The molecule has 0 aliphatic heterocycles. The van der Waals surface area contributed by atoms with E-state index in [9.17, 15) is 4.79 Å². The van der Waals surface area contributed by atoms with Gasteiger partial charge in [0.05, 0.1) is 18.0 Å². The number of aromatic nitrogens is 2. The Labute approximate surface area is 164 Å². The molecule has 1 N–H and O–H groups in total. The van der Waals surface area contributed by atoms with Gasteiger partial charge < -0.3 is 9.84 Å². The molecule has 7 heteroatoms. The van der Waals surface area contributed by atoms with E-state index in [2.05, 4.69) is 20.9 Å². The molecule has 0 bridgehead atoms. The Morgan fingerprint density at radius 1 is 1.27 bits per heavy atom. The first-order valence-corrected chi connectivity index (χ1v) is 9.97. The van der Waals surface area contributed by atoms with Crippen molar-refractivity contribution in [1.82, 2.24) is 9.55 Å². The lowest BCUT2D eigenvalue weighted by molar-refractivity contribution is 0.276. The molecule has 2 aromatic carbocycles. The minimum atomic E-state index is -0.0762. The van der Waals surface area contributed by atoms with Crippen LogP contribution in [0.3, 0.4) is 0 Å². The molecule has 0 atom stereocenters. The number of aliphatic hydroxyl groups excluding tert-OH is 1. The second-order valence-electron chi connectivity index (χ2n) is 5.69. The fourth-order valence-electron chi connectivity index (χ4n) is 2.69. The number of thioether (sulfide) groups is 1. The summed E-state index contributed by atoms with van der Waals surface area (Å²) in [5.41, 5.74) is 1.62. The Morgan fingerprint density at radius 3 is 2.85 bits per heavy atom. The first-order chi connectivity index (χ1) is 12.6. The van der Waals surface area contributed by atoms with Gasteiger partial charge in [0.25, 0.3) is 5.56 Å². The van der Waals surface area contributed by atoms with Gasteiger partial charge in [-0.15, -0.1) is 0 Å². The molecule has 0 spiro atoms. The number of fused-ring (bicyclic) bond motifs is 1. The first-order valence-electron chi connectivity index (χ1n) is 8.19. The smallest absolute Gasteiger partial charge is 0.262 e. The van der Waals surface area contributed by atoms with Crippen LogP contribution in [0.5, 0.6) is 5.75 Å². The number of nitrogens with zero attached hydrogens (tertiary/aromatic N) is 2. The molecule has 1 aromatic heterocycles. The number of halogens is 1. The molecule has 0 radical (unpaired) electrons. The highest BCUT2D eigenvalue weighted by Crippen LogP contribution is 2.29. The second-order valence-corrected chi connectivity index (χ2v) is 7.55. The summed E-state index contributed by atoms with van der Waals surface area (Å²) in [6.45, 7) is 0.466. The zero-order valence-electron chi connectivity index (χ0n) is 14.3. The Hall–Kier alpha value is -1.83. The summed E-state index contributed by atoms with van der Waals surface area (Å²) in [7, 11) is 1.64. The third-order valence-corrected chi connectivity index (χ3v) is 5.48. The van der Waals surface area contributed by atoms with Crippen LogP contribution in [-0.4, -0.2) is 28.4 Å². The first kappa shape index (κ1) is 18.9. The van der Waals surface area contributed by atoms with Crippen LogP contribution in [0.4, 0.5) is 0 Å². The van der Waals surface area contributed by atoms with Gasteiger partial charge in [-0.2, -0.15) is 0 Å². The van der Waals surface area contributed by atoms with E-state index in [-0.39, 0.29) is 12.2 Å². The Kier molecular flexibility index (Phi) is 6.34. The van der Waals surface area contributed by atoms with Gasteiger partial charge in [0.2, 0.25) is 0 Å². The molecule has 0 amide bonds. The Morgan fingerprint density at radius 2 is 2.08 bits per heavy atom. The van der Waals surface area contributed by atoms with Crippen LogP contribution < -0.4 is 10.3 Å². The SMILES string of the molecule is COc1ccc(Br)cc1CSc1nc2ccccc2c(=O)n1CCCO. The Bertz CT molecular complexity index is 975. The van der Waals surface area contributed by atoms with Gasteiger partial charge in [-0.3, -0.25) is 9.36 Å². The third-order valence-electron chi connectivity index (χ3n) is 3.97. The predicted molar refractivity (Wildman–Crippen MR) is 108 cm³/mol. The van der Waals surface area contributed by atoms with Crippen LogP contribution in [0.1, 0.15) is 12.0 Å². The van der Waals surface area contributed by atoms with Gasteiger partial charge in [0.15, 0.2) is 5.16 Å². The van der Waals surface area contributed by atoms with E-state index in [1.165, 1.54) is 11.8 Å². The van der Waals surface area contributed by atoms with Gasteiger partial charge in [0, 0.05) is 28.9 Å². The normalized spacial score (nSPS) is 11.0. The summed E-state index contributed by atoms with van der Waals surface area (Å²) < 4.78 is 8.04. The van der Waals surface area contributed by atoms with Crippen molar-refractivity contribution in [2.75, 3.05) is 13.7 Å². The van der Waals surface area contributed by atoms with E-state index in [1.807, 2.05) is 36.4 Å². The number of benzene rings is 2. The topological polar surface area (TPSA) is 64.3 Å². The zero-order valence-corrected chi connectivity index (χ0v) is 16.7. The van der Waals surface area contributed by atoms with Crippen molar-refractivity contribution in [2.45, 2.75) is 23.9 Å². The fourth-order valence-corrected chi connectivity index (χ4v) is 4.10. The number of methoxy groups -OCH3 is 1. The highest BCUT2D eigenvalue weighted by atomic mass is 79.9. The van der Waals surface area contributed by atoms with Crippen molar-refractivity contribution in [3.63, 3.8) is 0 Å². The zero-order chi connectivity index (χ0) is 18.5. The maximum absolute atomic E-state index is 12.8. The molecular weight excluding hydrogens is 416 g/mol. The highest BCUT2D eigenvalue weighted by molar-refractivity contribution is 9.10. The van der Waals surface area contributed by atoms with Crippen LogP contribution >= 0.6 is 27.7 Å². The number of hydrogen-bond donors (Lipinski definition) is 1. The van der Waals surface area contributed by atoms with Crippen molar-refractivity contribution in [3.8, 4) is 5.75 Å². The number of hydrogen-bond acceptors (Lipinski definition) is 5. The molecule has 0 unspecified atom stereocenters. The van der Waals surface area contributed by atoms with Crippen molar-refractivity contribution >= 4 is 38.6 Å². The summed E-state index contributed by atoms with van der Waals surface area (Å²) in [6, 6.07) is 13.2. The molecule has 0 aliphatic carbocycles. The molecular formula is C19H19BrN2O3S. The highest BCUT2D eigenvalue weighted by Gasteiger charge is 2.13. The molecule has 136 valence electrons. The standard InChI is InChI=1S/C19H19BrN2O3S/c1-25-17-8-7-14(20)11-13(17)12-26-19-21-16-6-3-2-5-15(16)18(24)22(19)9-4-10-23/h2-3,5-8,11,23H,4,9-10,12H2,1H3. The van der Waals surface area contributed by atoms with Crippen LogP contribution in [0, 0.1) is 0 Å². The summed E-state index contributed by atoms with van der Waals surface area (Å²) in [4.78, 5) is 17.5. The van der Waals surface area contributed by atoms with Gasteiger partial charge in [-0.05, 0) is 36.8 Å². The Balaban J connectivity index is 1.98. The van der Waals surface area contributed by atoms with E-state index < -0.39 is 0 Å². The average Bonchev–Trinajstić information content (AvgIpc) is 2.66. The predicted octanol–water partition coefficient (Wildman–Crippen LogP) is 3.84. The van der Waals surface area contributed by atoms with Crippen molar-refractivity contribution in [2.24, 2.45) is 0 Å². The maximum Gasteiger partial charge on any atom is 0.262 e. The summed E-state index contributed by atoms with van der Waals surface area (Å²) in [5, 5.41) is 10.4. The number of aliphatic hydroxyl groups is 1. The fraction of sp³-hybridized carbons (Fsp3) is 0.263. The van der Waals surface area contributed by atoms with Gasteiger partial charge >= 0.3 is 0 Å². The van der Waals surface area contributed by atoms with Crippen molar-refractivity contribution in [1.29, 1.82) is 0 Å². The summed E-state index contributed by atoms with van der Waals surface area (Å²) in [5.74, 6) is 1.41. The molecule has 5 nitrogen and oxygen atoms in total. The van der Waals surface area contributed by atoms with Crippen molar-refractivity contribution < 1.29 is 9.84 Å². The molecule has 26 heavy (non-hydrogen) atoms. The quantitative estimate of drug-likeness (QED) is 0.451. The van der Waals surface area contributed by atoms with E-state index >= 15 is 0 Å². The molecule has 3 rings (SSSR count). The van der Waals surface area contributed by atoms with E-state index in [4.69, 9.17) is 9.84 Å². The monoisotopic (exact) mass is 434 g/mol. The second kappa shape index (κ2) is 8.70. The maximum atomic E-state index is 12.8. The summed E-state index contributed by atoms with van der Waals surface area (Å²) in [6.07, 6.45) is 0.508. The van der Waals surface area contributed by atoms with E-state index in [1.54, 1.807) is 17.7 Å². The average molecular weight is 435 g/mol. The van der Waals surface area contributed by atoms with E-state index in [0.29, 0.717) is 34.8 Å². The van der Waals surface area contributed by atoms with Gasteiger partial charge in [-0.1, -0.05) is 39.8 Å². The number of ether oxygens (including phenoxy) is 1. The molecule has 0 aliphatic rings. The minimum absolute atomic E-state index is 0.0306. The van der Waals surface area contributed by atoms with E-state index in [0.717, 1.165) is 15.8 Å². The molecule has 0 saturated heterocycles. The van der Waals surface area contributed by atoms with Crippen LogP contribution in [0.2, 0.25) is 0 Å². The lowest BCUT2D eigenvalue weighted by Gasteiger charge is -2.14. The largest absolute Gasteiger partial charge is 0.496 e. The van der Waals surface area contributed by atoms with Gasteiger partial charge in [0.1, 0.15) is 5.75 Å². The minimum Gasteiger partial charge on any atom is -0.496 e. The third kappa shape index (κ3) is 4.11.